The minimum Gasteiger partial charge on any atom is -0.365 e. The Labute approximate surface area is 135 Å². The lowest BCUT2D eigenvalue weighted by molar-refractivity contribution is -0.565. The third kappa shape index (κ3) is 2.61. The maximum absolute atomic E-state index is 13.0. The van der Waals surface area contributed by atoms with Crippen molar-refractivity contribution in [3.05, 3.63) is 11.8 Å². The van der Waals surface area contributed by atoms with Gasteiger partial charge in [-0.1, -0.05) is 0 Å². The van der Waals surface area contributed by atoms with Crippen LogP contribution in [-0.2, 0) is 4.79 Å². The highest BCUT2D eigenvalue weighted by Crippen LogP contribution is 2.39. The first-order valence-corrected chi connectivity index (χ1v) is 8.12. The van der Waals surface area contributed by atoms with Crippen molar-refractivity contribution in [3.63, 3.8) is 0 Å². The molecule has 1 saturated carbocycles. The summed E-state index contributed by atoms with van der Waals surface area (Å²) >= 11 is 0. The number of nitrogens with zero attached hydrogens (tertiary/aromatic N) is 3. The average Bonchev–Trinajstić information content (AvgIpc) is 2.44. The molecule has 1 amide bonds. The number of nitrogens with two attached hydrogens (primary N) is 1. The molecule has 0 bridgehead atoms. The third-order valence-corrected chi connectivity index (χ3v) is 5.44. The number of alkyl halides is 1. The van der Waals surface area contributed by atoms with Crippen LogP contribution in [0, 0.1) is 11.3 Å². The van der Waals surface area contributed by atoms with Gasteiger partial charge in [0.1, 0.15) is 17.9 Å². The minimum atomic E-state index is -0.679. The number of nitriles is 1. The molecule has 7 heteroatoms. The number of likely N-dealkylation sites (N-methyl/N-ethyl adjacent to an activating group) is 1. The van der Waals surface area contributed by atoms with Crippen molar-refractivity contribution in [3.8, 4) is 6.07 Å². The lowest BCUT2D eigenvalue weighted by Gasteiger charge is -2.47. The first kappa shape index (κ1) is 15.9. The molecule has 0 atom stereocenters. The topological polar surface area (TPSA) is 85.2 Å². The second-order valence-electron chi connectivity index (χ2n) is 6.72. The molecule has 0 spiro atoms. The van der Waals surface area contributed by atoms with E-state index in [0.29, 0.717) is 37.0 Å². The molecule has 2 fully saturated rings. The summed E-state index contributed by atoms with van der Waals surface area (Å²) in [6.07, 6.45) is 5.08. The van der Waals surface area contributed by atoms with Crippen LogP contribution in [0.4, 0.5) is 4.39 Å². The molecule has 6 nitrogen and oxygen atoms in total. The fourth-order valence-corrected chi connectivity index (χ4v) is 4.04. The number of amidine groups is 1. The summed E-state index contributed by atoms with van der Waals surface area (Å²) in [5, 5.41) is 12.3. The average molecular weight is 320 g/mol. The Hall–Kier alpha value is -1.94. The van der Waals surface area contributed by atoms with Crippen molar-refractivity contribution in [2.75, 3.05) is 20.1 Å². The fourth-order valence-electron chi connectivity index (χ4n) is 4.04. The SMILES string of the molecule is CNC1=[N+](C2(CC#N)CCC(N3CC(F)C3)CC2)C=C1C(N)=O. The molecule has 3 N–H and O–H groups in total. The molecule has 3 aliphatic rings. The van der Waals surface area contributed by atoms with E-state index < -0.39 is 12.1 Å². The molecular formula is C16H23FN5O+. The molecule has 0 aromatic carbocycles. The number of carbonyl (C=O) groups is 1. The molecule has 2 heterocycles. The van der Waals surface area contributed by atoms with E-state index in [1.807, 2.05) is 4.58 Å². The van der Waals surface area contributed by atoms with Crippen LogP contribution in [0.25, 0.3) is 0 Å². The van der Waals surface area contributed by atoms with Gasteiger partial charge in [-0.2, -0.15) is 5.26 Å². The Balaban J connectivity index is 1.74. The van der Waals surface area contributed by atoms with Gasteiger partial charge in [-0.25, -0.2) is 8.97 Å². The number of hydrogen-bond acceptors (Lipinski definition) is 4. The third-order valence-electron chi connectivity index (χ3n) is 5.44. The maximum Gasteiger partial charge on any atom is 0.291 e. The van der Waals surface area contributed by atoms with Gasteiger partial charge >= 0.3 is 0 Å². The Morgan fingerprint density at radius 1 is 1.57 bits per heavy atom. The summed E-state index contributed by atoms with van der Waals surface area (Å²) in [6, 6.07) is 2.70. The molecule has 2 aliphatic heterocycles. The van der Waals surface area contributed by atoms with Crippen molar-refractivity contribution in [2.45, 2.75) is 49.9 Å². The Morgan fingerprint density at radius 3 is 2.70 bits per heavy atom. The maximum atomic E-state index is 13.0. The Bertz CT molecular complexity index is 606. The molecule has 1 aliphatic carbocycles. The van der Waals surface area contributed by atoms with Crippen LogP contribution in [0.2, 0.25) is 0 Å². The van der Waals surface area contributed by atoms with Gasteiger partial charge < -0.3 is 5.73 Å². The van der Waals surface area contributed by atoms with E-state index in [1.165, 1.54) is 0 Å². The first-order valence-electron chi connectivity index (χ1n) is 8.12. The van der Waals surface area contributed by atoms with Gasteiger partial charge in [0.25, 0.3) is 11.7 Å². The van der Waals surface area contributed by atoms with E-state index in [2.05, 4.69) is 16.3 Å². The van der Waals surface area contributed by atoms with Crippen LogP contribution in [0.3, 0.4) is 0 Å². The smallest absolute Gasteiger partial charge is 0.291 e. The van der Waals surface area contributed by atoms with Gasteiger partial charge in [0, 0.05) is 19.1 Å². The van der Waals surface area contributed by atoms with Crippen molar-refractivity contribution in [1.29, 1.82) is 5.26 Å². The minimum absolute atomic E-state index is 0.289. The number of carbonyl (C=O) groups excluding carboxylic acids is 1. The first-order chi connectivity index (χ1) is 11.0. The monoisotopic (exact) mass is 320 g/mol. The number of hydrogen-bond donors (Lipinski definition) is 2. The molecule has 0 radical (unpaired) electrons. The summed E-state index contributed by atoms with van der Waals surface area (Å²) in [4.78, 5) is 13.6. The van der Waals surface area contributed by atoms with E-state index in [1.54, 1.807) is 13.2 Å². The van der Waals surface area contributed by atoms with Crippen LogP contribution >= 0.6 is 0 Å². The van der Waals surface area contributed by atoms with Crippen molar-refractivity contribution < 1.29 is 13.8 Å². The number of primary amides is 1. The summed E-state index contributed by atoms with van der Waals surface area (Å²) < 4.78 is 15.1. The number of amides is 1. The van der Waals surface area contributed by atoms with Gasteiger partial charge in [-0.15, -0.1) is 0 Å². The molecule has 23 heavy (non-hydrogen) atoms. The molecule has 3 rings (SSSR count). The van der Waals surface area contributed by atoms with E-state index in [0.717, 1.165) is 25.7 Å². The summed E-state index contributed by atoms with van der Waals surface area (Å²) in [5.41, 5.74) is 5.56. The van der Waals surface area contributed by atoms with Gasteiger partial charge in [-0.3, -0.25) is 15.0 Å². The predicted molar refractivity (Wildman–Crippen MR) is 83.3 cm³/mol. The number of nitrogens with one attached hydrogen (secondary N) is 1. The normalized spacial score (nSPS) is 31.7. The number of halogens is 1. The predicted octanol–water partition coefficient (Wildman–Crippen LogP) is 0.248. The van der Waals surface area contributed by atoms with Crippen molar-refractivity contribution in [2.24, 2.45) is 5.73 Å². The fraction of sp³-hybridized carbons (Fsp3) is 0.688. The van der Waals surface area contributed by atoms with Gasteiger partial charge in [0.2, 0.25) is 0 Å². The molecule has 0 unspecified atom stereocenters. The van der Waals surface area contributed by atoms with Gasteiger partial charge in [0.15, 0.2) is 5.57 Å². The Kier molecular flexibility index (Phi) is 4.11. The summed E-state index contributed by atoms with van der Waals surface area (Å²) in [7, 11) is 1.76. The molecular weight excluding hydrogens is 297 g/mol. The highest BCUT2D eigenvalue weighted by atomic mass is 19.1. The Morgan fingerprint density at radius 2 is 2.22 bits per heavy atom. The summed E-state index contributed by atoms with van der Waals surface area (Å²) in [6.45, 7) is 1.08. The molecule has 0 aromatic heterocycles. The highest BCUT2D eigenvalue weighted by Gasteiger charge is 2.49. The second-order valence-corrected chi connectivity index (χ2v) is 6.72. The zero-order chi connectivity index (χ0) is 16.6. The molecule has 124 valence electrons. The van der Waals surface area contributed by atoms with E-state index in [4.69, 9.17) is 5.73 Å². The van der Waals surface area contributed by atoms with Crippen molar-refractivity contribution >= 4 is 11.7 Å². The quantitative estimate of drug-likeness (QED) is 0.727. The largest absolute Gasteiger partial charge is 0.365 e. The highest BCUT2D eigenvalue weighted by molar-refractivity contribution is 6.20. The number of likely N-dealkylation sites (tertiary alicyclic amines) is 1. The zero-order valence-electron chi connectivity index (χ0n) is 13.4. The van der Waals surface area contributed by atoms with Crippen LogP contribution in [-0.4, -0.2) is 59.1 Å². The van der Waals surface area contributed by atoms with Crippen LogP contribution in [0.5, 0.6) is 0 Å². The molecule has 1 saturated heterocycles. The second kappa shape index (κ2) is 5.93. The van der Waals surface area contributed by atoms with E-state index in [9.17, 15) is 14.4 Å². The molecule has 0 aromatic rings. The van der Waals surface area contributed by atoms with Gasteiger partial charge in [0.05, 0.1) is 19.5 Å². The van der Waals surface area contributed by atoms with Crippen molar-refractivity contribution in [1.82, 2.24) is 10.2 Å². The van der Waals surface area contributed by atoms with Crippen LogP contribution < -0.4 is 11.1 Å². The van der Waals surface area contributed by atoms with Crippen LogP contribution in [0.1, 0.15) is 32.1 Å². The lowest BCUT2D eigenvalue weighted by Crippen LogP contribution is -2.59. The number of rotatable bonds is 4. The van der Waals surface area contributed by atoms with E-state index in [-0.39, 0.29) is 5.54 Å². The summed E-state index contributed by atoms with van der Waals surface area (Å²) in [5.74, 6) is 0.250. The van der Waals surface area contributed by atoms with Crippen LogP contribution in [0.15, 0.2) is 11.8 Å². The zero-order valence-corrected chi connectivity index (χ0v) is 13.4. The van der Waals surface area contributed by atoms with E-state index >= 15 is 0 Å². The lowest BCUT2D eigenvalue weighted by atomic mass is 9.75. The van der Waals surface area contributed by atoms with Gasteiger partial charge in [-0.05, 0) is 25.7 Å². The standard InChI is InChI=1S/C16H22FN5O/c1-20-15-13(14(19)23)10-22(15)16(6-7-18)4-2-12(3-5-16)21-8-11(17)9-21/h10-12H,2-6,8-9H2,1H3,(H2,19,23)/p+1.